The number of amides is 2. The predicted octanol–water partition coefficient (Wildman–Crippen LogP) is 6.65. The molecule has 0 bridgehead atoms. The van der Waals surface area contributed by atoms with E-state index in [4.69, 9.17) is 16.3 Å². The van der Waals surface area contributed by atoms with E-state index in [0.717, 1.165) is 24.3 Å². The van der Waals surface area contributed by atoms with E-state index in [1.165, 1.54) is 37.6 Å². The van der Waals surface area contributed by atoms with E-state index in [9.17, 15) is 31.5 Å². The number of nitrogens with one attached hydrogen (secondary N) is 3. The van der Waals surface area contributed by atoms with Crippen molar-refractivity contribution in [1.29, 1.82) is 0 Å². The SMILES string of the molecule is COC[C@@H](C)Nc1cc2c(cn1)cc(-c1cc(NC(=O)Nc3cccc(F)c3)c(F)cc1Cl)c(=O)n2CC(F)(F)F. The van der Waals surface area contributed by atoms with Crippen LogP contribution in [0.3, 0.4) is 0 Å². The van der Waals surface area contributed by atoms with Crippen molar-refractivity contribution in [3.8, 4) is 11.1 Å². The van der Waals surface area contributed by atoms with Gasteiger partial charge < -0.3 is 20.7 Å². The standard InChI is InChI=1S/C27H23ClF5N5O3/c1-14(12-41-2)35-24-10-23-15(11-34-24)6-19(25(39)38(23)13-27(31,32)33)18-8-22(21(30)9-20(18)28)37-26(40)36-17-5-3-4-16(29)7-17/h3-11,14H,12-13H2,1-2H3,(H,34,35)(H2,36,37,40)/t14-/m1/s1. The number of aromatic nitrogens is 2. The Balaban J connectivity index is 1.77. The summed E-state index contributed by atoms with van der Waals surface area (Å²) in [6, 6.07) is 8.23. The predicted molar refractivity (Wildman–Crippen MR) is 146 cm³/mol. The van der Waals surface area contributed by atoms with Crippen LogP contribution in [0.5, 0.6) is 0 Å². The molecule has 14 heteroatoms. The number of alkyl halides is 3. The molecule has 41 heavy (non-hydrogen) atoms. The highest BCUT2D eigenvalue weighted by atomic mass is 35.5. The van der Waals surface area contributed by atoms with Crippen LogP contribution in [-0.2, 0) is 11.3 Å². The zero-order chi connectivity index (χ0) is 29.9. The van der Waals surface area contributed by atoms with E-state index < -0.39 is 41.6 Å². The smallest absolute Gasteiger partial charge is 0.383 e. The minimum absolute atomic E-state index is 0.0516. The second-order valence-electron chi connectivity index (χ2n) is 9.09. The maximum atomic E-state index is 14.7. The first-order valence-electron chi connectivity index (χ1n) is 12.0. The molecule has 216 valence electrons. The number of halogens is 6. The molecule has 0 aliphatic carbocycles. The normalized spacial score (nSPS) is 12.3. The average molecular weight is 596 g/mol. The summed E-state index contributed by atoms with van der Waals surface area (Å²) in [7, 11) is 1.49. The lowest BCUT2D eigenvalue weighted by atomic mass is 10.0. The topological polar surface area (TPSA) is 97.3 Å². The zero-order valence-electron chi connectivity index (χ0n) is 21.6. The summed E-state index contributed by atoms with van der Waals surface area (Å²) in [6.07, 6.45) is -3.47. The van der Waals surface area contributed by atoms with E-state index >= 15 is 0 Å². The van der Waals surface area contributed by atoms with Crippen molar-refractivity contribution in [1.82, 2.24) is 9.55 Å². The van der Waals surface area contributed by atoms with Crippen molar-refractivity contribution in [3.05, 3.63) is 81.7 Å². The van der Waals surface area contributed by atoms with Gasteiger partial charge in [-0.2, -0.15) is 13.2 Å². The molecule has 3 N–H and O–H groups in total. The second kappa shape index (κ2) is 12.1. The third-order valence-corrected chi connectivity index (χ3v) is 6.12. The molecule has 4 aromatic rings. The molecule has 4 rings (SSSR count). The summed E-state index contributed by atoms with van der Waals surface area (Å²) in [5.74, 6) is -1.37. The number of hydrogen-bond acceptors (Lipinski definition) is 5. The van der Waals surface area contributed by atoms with Crippen LogP contribution >= 0.6 is 11.6 Å². The van der Waals surface area contributed by atoms with E-state index in [2.05, 4.69) is 20.9 Å². The molecular weight excluding hydrogens is 573 g/mol. The van der Waals surface area contributed by atoms with Crippen LogP contribution in [0.1, 0.15) is 6.92 Å². The molecule has 0 aliphatic rings. The number of urea groups is 1. The van der Waals surface area contributed by atoms with Gasteiger partial charge in [0.25, 0.3) is 5.56 Å². The van der Waals surface area contributed by atoms with Crippen molar-refractivity contribution in [2.24, 2.45) is 0 Å². The number of methoxy groups -OCH3 is 1. The van der Waals surface area contributed by atoms with Crippen molar-refractivity contribution in [2.45, 2.75) is 25.7 Å². The number of hydrogen-bond donors (Lipinski definition) is 3. The molecule has 1 atom stereocenters. The lowest BCUT2D eigenvalue weighted by Gasteiger charge is -2.18. The average Bonchev–Trinajstić information content (AvgIpc) is 2.87. The maximum Gasteiger partial charge on any atom is 0.406 e. The minimum Gasteiger partial charge on any atom is -0.383 e. The third-order valence-electron chi connectivity index (χ3n) is 5.80. The van der Waals surface area contributed by atoms with Gasteiger partial charge in [-0.1, -0.05) is 17.7 Å². The van der Waals surface area contributed by atoms with Gasteiger partial charge in [-0.25, -0.2) is 18.6 Å². The molecule has 2 aromatic heterocycles. The largest absolute Gasteiger partial charge is 0.406 e. The highest BCUT2D eigenvalue weighted by Crippen LogP contribution is 2.33. The third kappa shape index (κ3) is 7.30. The number of anilines is 3. The molecule has 2 aromatic carbocycles. The first-order valence-corrected chi connectivity index (χ1v) is 12.4. The zero-order valence-corrected chi connectivity index (χ0v) is 22.3. The monoisotopic (exact) mass is 595 g/mol. The summed E-state index contributed by atoms with van der Waals surface area (Å²) < 4.78 is 74.5. The van der Waals surface area contributed by atoms with E-state index in [1.54, 1.807) is 6.92 Å². The fraction of sp³-hybridized carbons (Fsp3) is 0.222. The van der Waals surface area contributed by atoms with Gasteiger partial charge in [-0.05, 0) is 43.3 Å². The molecule has 0 saturated heterocycles. The molecule has 0 unspecified atom stereocenters. The van der Waals surface area contributed by atoms with Gasteiger partial charge in [0, 0.05) is 47.6 Å². The highest BCUT2D eigenvalue weighted by Gasteiger charge is 2.30. The quantitative estimate of drug-likeness (QED) is 0.198. The summed E-state index contributed by atoms with van der Waals surface area (Å²) >= 11 is 6.22. The number of rotatable bonds is 8. The Morgan fingerprint density at radius 2 is 1.85 bits per heavy atom. The Hall–Kier alpha value is -4.23. The summed E-state index contributed by atoms with van der Waals surface area (Å²) in [5, 5.41) is 7.44. The van der Waals surface area contributed by atoms with Crippen LogP contribution in [0.4, 0.5) is 43.9 Å². The maximum absolute atomic E-state index is 14.7. The van der Waals surface area contributed by atoms with Gasteiger partial charge in [0.2, 0.25) is 0 Å². The van der Waals surface area contributed by atoms with Gasteiger partial charge in [0.15, 0.2) is 0 Å². The van der Waals surface area contributed by atoms with E-state index in [1.807, 2.05) is 0 Å². The van der Waals surface area contributed by atoms with Crippen LogP contribution < -0.4 is 21.5 Å². The number of benzene rings is 2. The minimum atomic E-state index is -4.76. The molecule has 2 amide bonds. The second-order valence-corrected chi connectivity index (χ2v) is 9.50. The van der Waals surface area contributed by atoms with Crippen LogP contribution in [-0.4, -0.2) is 41.5 Å². The Bertz CT molecular complexity index is 1660. The van der Waals surface area contributed by atoms with Gasteiger partial charge in [-0.15, -0.1) is 0 Å². The van der Waals surface area contributed by atoms with Crippen molar-refractivity contribution in [2.75, 3.05) is 29.7 Å². The Morgan fingerprint density at radius 1 is 1.10 bits per heavy atom. The highest BCUT2D eigenvalue weighted by molar-refractivity contribution is 6.33. The Labute approximate surface area is 235 Å². The van der Waals surface area contributed by atoms with Gasteiger partial charge >= 0.3 is 12.2 Å². The van der Waals surface area contributed by atoms with E-state index in [-0.39, 0.29) is 44.6 Å². The van der Waals surface area contributed by atoms with Crippen LogP contribution in [0.15, 0.2) is 59.5 Å². The Kier molecular flexibility index (Phi) is 8.78. The molecule has 0 aliphatic heterocycles. The van der Waals surface area contributed by atoms with Crippen molar-refractivity contribution >= 4 is 45.7 Å². The molecule has 0 spiro atoms. The van der Waals surface area contributed by atoms with Gasteiger partial charge in [0.1, 0.15) is 24.0 Å². The van der Waals surface area contributed by atoms with E-state index in [0.29, 0.717) is 11.2 Å². The van der Waals surface area contributed by atoms with Crippen LogP contribution in [0.25, 0.3) is 22.0 Å². The van der Waals surface area contributed by atoms with Gasteiger partial charge in [-0.3, -0.25) is 9.36 Å². The molecule has 0 radical (unpaired) electrons. The molecule has 8 nitrogen and oxygen atoms in total. The molecular formula is C27H23ClF5N5O3. The summed E-state index contributed by atoms with van der Waals surface area (Å²) in [5.41, 5.74) is -1.86. The summed E-state index contributed by atoms with van der Waals surface area (Å²) in [4.78, 5) is 30.1. The number of carbonyl (C=O) groups excluding carboxylic acids is 1. The number of pyridine rings is 2. The lowest BCUT2D eigenvalue weighted by Crippen LogP contribution is -2.29. The number of fused-ring (bicyclic) bond motifs is 1. The molecule has 0 saturated carbocycles. The first kappa shape index (κ1) is 29.7. The first-order chi connectivity index (χ1) is 19.3. The van der Waals surface area contributed by atoms with Crippen molar-refractivity contribution < 1.29 is 31.5 Å². The fourth-order valence-electron chi connectivity index (χ4n) is 4.13. The number of nitrogens with zero attached hydrogens (tertiary/aromatic N) is 2. The number of carbonyl (C=O) groups is 1. The molecule has 0 fully saturated rings. The van der Waals surface area contributed by atoms with Crippen molar-refractivity contribution in [3.63, 3.8) is 0 Å². The van der Waals surface area contributed by atoms with Crippen LogP contribution in [0, 0.1) is 11.6 Å². The van der Waals surface area contributed by atoms with Crippen LogP contribution in [0.2, 0.25) is 5.02 Å². The molecule has 2 heterocycles. The summed E-state index contributed by atoms with van der Waals surface area (Å²) in [6.45, 7) is 0.461. The lowest BCUT2D eigenvalue weighted by molar-refractivity contribution is -0.140. The fourth-order valence-corrected chi connectivity index (χ4v) is 4.38. The number of ether oxygens (including phenoxy) is 1. The van der Waals surface area contributed by atoms with Gasteiger partial charge in [0.05, 0.1) is 22.8 Å². The Morgan fingerprint density at radius 3 is 2.54 bits per heavy atom.